The highest BCUT2D eigenvalue weighted by Crippen LogP contribution is 2.31. The molecule has 1 amide bonds. The van der Waals surface area contributed by atoms with Gasteiger partial charge >= 0.3 is 0 Å². The van der Waals surface area contributed by atoms with Crippen molar-refractivity contribution in [3.05, 3.63) is 59.1 Å². The van der Waals surface area contributed by atoms with Crippen molar-refractivity contribution in [1.29, 1.82) is 0 Å². The van der Waals surface area contributed by atoms with Gasteiger partial charge in [-0.1, -0.05) is 29.8 Å². The third kappa shape index (κ3) is 4.25. The second-order valence-corrected chi connectivity index (χ2v) is 7.48. The molecule has 140 valence electrons. The summed E-state index contributed by atoms with van der Waals surface area (Å²) in [5.74, 6) is 1.79. The van der Waals surface area contributed by atoms with Crippen molar-refractivity contribution in [3.63, 3.8) is 0 Å². The van der Waals surface area contributed by atoms with Crippen LogP contribution in [-0.2, 0) is 0 Å². The van der Waals surface area contributed by atoms with E-state index in [4.69, 9.17) is 11.6 Å². The number of benzene rings is 1. The minimum absolute atomic E-state index is 0.166. The summed E-state index contributed by atoms with van der Waals surface area (Å²) >= 11 is 6.24. The summed E-state index contributed by atoms with van der Waals surface area (Å²) in [5.41, 5.74) is 1.53. The number of aromatic nitrogens is 1. The summed E-state index contributed by atoms with van der Waals surface area (Å²) in [7, 11) is 0. The minimum atomic E-state index is -0.166. The van der Waals surface area contributed by atoms with E-state index in [1.54, 1.807) is 18.2 Å². The number of carbonyl (C=O) groups is 1. The standard InChI is InChI=1S/C21H23ClN4O/c22-16-7-8-17-18(14-16)26-12-9-15(10-13-26)4-1-2-11-23-19-5-3-6-20(24-19)25-21(17)27/h1-3,5-8,14-15H,4,9-13H2,(H2,23,24,25,27)/b2-1+. The van der Waals surface area contributed by atoms with Crippen molar-refractivity contribution in [2.75, 3.05) is 35.2 Å². The molecular formula is C21H23ClN4O. The molecule has 0 saturated carbocycles. The van der Waals surface area contributed by atoms with Crippen LogP contribution in [0, 0.1) is 5.92 Å². The molecule has 0 unspecified atom stereocenters. The fourth-order valence-corrected chi connectivity index (χ4v) is 3.86. The number of nitrogens with zero attached hydrogens (tertiary/aromatic N) is 2. The number of carbonyl (C=O) groups excluding carboxylic acids is 1. The molecule has 0 atom stereocenters. The van der Waals surface area contributed by atoms with E-state index < -0.39 is 0 Å². The van der Waals surface area contributed by atoms with Crippen LogP contribution >= 0.6 is 11.6 Å². The molecular weight excluding hydrogens is 360 g/mol. The highest BCUT2D eigenvalue weighted by molar-refractivity contribution is 6.31. The molecule has 4 bridgehead atoms. The van der Waals surface area contributed by atoms with Crippen molar-refractivity contribution in [2.45, 2.75) is 19.3 Å². The van der Waals surface area contributed by atoms with Gasteiger partial charge < -0.3 is 15.5 Å². The number of rotatable bonds is 0. The number of halogens is 1. The first-order chi connectivity index (χ1) is 13.2. The third-order valence-corrected chi connectivity index (χ3v) is 5.42. The fourth-order valence-electron chi connectivity index (χ4n) is 3.69. The van der Waals surface area contributed by atoms with Crippen molar-refractivity contribution in [1.82, 2.24) is 4.98 Å². The molecule has 1 saturated heterocycles. The Balaban J connectivity index is 1.69. The first-order valence-electron chi connectivity index (χ1n) is 9.41. The predicted octanol–water partition coefficient (Wildman–Crippen LogP) is 4.58. The third-order valence-electron chi connectivity index (χ3n) is 5.19. The van der Waals surface area contributed by atoms with Gasteiger partial charge in [0, 0.05) is 24.7 Å². The Morgan fingerprint density at radius 1 is 1.07 bits per heavy atom. The number of piperidine rings is 1. The Labute approximate surface area is 164 Å². The number of allylic oxidation sites excluding steroid dienone is 1. The van der Waals surface area contributed by atoms with Crippen LogP contribution in [-0.4, -0.2) is 30.5 Å². The van der Waals surface area contributed by atoms with E-state index in [-0.39, 0.29) is 5.91 Å². The van der Waals surface area contributed by atoms with Crippen LogP contribution in [0.2, 0.25) is 5.02 Å². The molecule has 2 aromatic rings. The molecule has 2 N–H and O–H groups in total. The summed E-state index contributed by atoms with van der Waals surface area (Å²) in [6.45, 7) is 2.60. The largest absolute Gasteiger partial charge is 0.371 e. The molecule has 0 radical (unpaired) electrons. The predicted molar refractivity (Wildman–Crippen MR) is 111 cm³/mol. The Kier molecular flexibility index (Phi) is 5.30. The zero-order chi connectivity index (χ0) is 18.6. The topological polar surface area (TPSA) is 57.3 Å². The van der Waals surface area contributed by atoms with Gasteiger partial charge in [-0.05, 0) is 55.5 Å². The average Bonchev–Trinajstić information content (AvgIpc) is 2.68. The lowest BCUT2D eigenvalue weighted by atomic mass is 9.92. The monoisotopic (exact) mass is 382 g/mol. The number of nitrogens with one attached hydrogen (secondary N) is 2. The highest BCUT2D eigenvalue weighted by atomic mass is 35.5. The summed E-state index contributed by atoms with van der Waals surface area (Å²) in [5, 5.41) is 6.84. The second kappa shape index (κ2) is 8.01. The van der Waals surface area contributed by atoms with Crippen LogP contribution in [0.1, 0.15) is 29.6 Å². The van der Waals surface area contributed by atoms with E-state index in [1.165, 1.54) is 0 Å². The van der Waals surface area contributed by atoms with Crippen molar-refractivity contribution in [2.24, 2.45) is 5.92 Å². The number of hydrogen-bond donors (Lipinski definition) is 2. The van der Waals surface area contributed by atoms with Gasteiger partial charge in [0.2, 0.25) is 0 Å². The van der Waals surface area contributed by atoms with Crippen molar-refractivity contribution in [3.8, 4) is 0 Å². The zero-order valence-electron chi connectivity index (χ0n) is 15.1. The van der Waals surface area contributed by atoms with Crippen LogP contribution in [0.5, 0.6) is 0 Å². The summed E-state index contributed by atoms with van der Waals surface area (Å²) in [4.78, 5) is 19.7. The van der Waals surface area contributed by atoms with E-state index >= 15 is 0 Å². The molecule has 27 heavy (non-hydrogen) atoms. The zero-order valence-corrected chi connectivity index (χ0v) is 15.9. The quantitative estimate of drug-likeness (QED) is 0.655. The SMILES string of the molecule is O=C1Nc2cccc(n2)NC/C=C/CC2CCN(CC2)c2cc(Cl)ccc21. The van der Waals surface area contributed by atoms with Gasteiger partial charge in [-0.25, -0.2) is 4.98 Å². The lowest BCUT2D eigenvalue weighted by Gasteiger charge is -2.34. The smallest absolute Gasteiger partial charge is 0.258 e. The molecule has 5 rings (SSSR count). The maximum Gasteiger partial charge on any atom is 0.258 e. The highest BCUT2D eigenvalue weighted by Gasteiger charge is 2.23. The Bertz CT molecular complexity index is 859. The first-order valence-corrected chi connectivity index (χ1v) is 9.78. The van der Waals surface area contributed by atoms with E-state index in [1.807, 2.05) is 18.2 Å². The van der Waals surface area contributed by atoms with Gasteiger partial charge in [0.1, 0.15) is 11.6 Å². The lowest BCUT2D eigenvalue weighted by Crippen LogP contribution is -2.35. The Morgan fingerprint density at radius 3 is 2.74 bits per heavy atom. The van der Waals surface area contributed by atoms with Crippen LogP contribution in [0.15, 0.2) is 48.6 Å². The van der Waals surface area contributed by atoms with Gasteiger partial charge in [-0.3, -0.25) is 4.79 Å². The molecule has 6 heteroatoms. The number of pyridine rings is 1. The molecule has 0 aliphatic carbocycles. The number of fused-ring (bicyclic) bond motifs is 6. The maximum atomic E-state index is 12.9. The Morgan fingerprint density at radius 2 is 1.89 bits per heavy atom. The fraction of sp³-hybridized carbons (Fsp3) is 0.333. The van der Waals surface area contributed by atoms with E-state index in [0.29, 0.717) is 22.3 Å². The normalized spacial score (nSPS) is 19.1. The first kappa shape index (κ1) is 17.9. The molecule has 4 heterocycles. The van der Waals surface area contributed by atoms with Gasteiger partial charge in [0.15, 0.2) is 0 Å². The number of hydrogen-bond acceptors (Lipinski definition) is 4. The number of amides is 1. The molecule has 3 aliphatic heterocycles. The molecule has 3 aliphatic rings. The molecule has 1 aromatic carbocycles. The van der Waals surface area contributed by atoms with Gasteiger partial charge in [0.05, 0.1) is 11.3 Å². The van der Waals surface area contributed by atoms with E-state index in [9.17, 15) is 4.79 Å². The summed E-state index contributed by atoms with van der Waals surface area (Å²) in [6, 6.07) is 11.0. The molecule has 0 spiro atoms. The van der Waals surface area contributed by atoms with Crippen LogP contribution in [0.4, 0.5) is 17.3 Å². The van der Waals surface area contributed by atoms with Gasteiger partial charge in [-0.15, -0.1) is 0 Å². The lowest BCUT2D eigenvalue weighted by molar-refractivity contribution is 0.102. The molecule has 5 nitrogen and oxygen atoms in total. The van der Waals surface area contributed by atoms with Gasteiger partial charge in [0.25, 0.3) is 5.91 Å². The minimum Gasteiger partial charge on any atom is -0.371 e. The number of anilines is 3. The van der Waals surface area contributed by atoms with Crippen LogP contribution in [0.25, 0.3) is 0 Å². The maximum absolute atomic E-state index is 12.9. The molecule has 1 fully saturated rings. The van der Waals surface area contributed by atoms with E-state index in [2.05, 4.69) is 32.7 Å². The Hall–Kier alpha value is -2.53. The van der Waals surface area contributed by atoms with Crippen molar-refractivity contribution < 1.29 is 4.79 Å². The molecule has 1 aromatic heterocycles. The van der Waals surface area contributed by atoms with Gasteiger partial charge in [-0.2, -0.15) is 0 Å². The summed E-state index contributed by atoms with van der Waals surface area (Å²) < 4.78 is 0. The summed E-state index contributed by atoms with van der Waals surface area (Å²) in [6.07, 6.45) is 7.74. The van der Waals surface area contributed by atoms with Crippen LogP contribution < -0.4 is 15.5 Å². The average molecular weight is 383 g/mol. The van der Waals surface area contributed by atoms with Crippen molar-refractivity contribution >= 4 is 34.8 Å². The second-order valence-electron chi connectivity index (χ2n) is 7.04. The van der Waals surface area contributed by atoms with E-state index in [0.717, 1.165) is 50.4 Å². The van der Waals surface area contributed by atoms with Crippen LogP contribution in [0.3, 0.4) is 0 Å².